The fraction of sp³-hybridized carbons (Fsp3) is 0.400. The number of rotatable bonds is 4. The molecule has 0 heterocycles. The van der Waals surface area contributed by atoms with Gasteiger partial charge < -0.3 is 10.2 Å². The first kappa shape index (κ1) is 14.4. The van der Waals surface area contributed by atoms with Gasteiger partial charge in [0.25, 0.3) is 0 Å². The van der Waals surface area contributed by atoms with Gasteiger partial charge in [-0.15, -0.1) is 11.6 Å². The molecule has 1 rings (SSSR count). The Labute approximate surface area is 114 Å². The van der Waals surface area contributed by atoms with Gasteiger partial charge in [0.05, 0.1) is 16.1 Å². The molecule has 0 aliphatic rings. The van der Waals surface area contributed by atoms with Crippen LogP contribution in [0, 0.1) is 0 Å². The molecule has 2 unspecified atom stereocenters. The van der Waals surface area contributed by atoms with Crippen LogP contribution in [0.2, 0.25) is 15.1 Å². The van der Waals surface area contributed by atoms with E-state index < -0.39 is 12.2 Å². The van der Waals surface area contributed by atoms with Gasteiger partial charge in [0, 0.05) is 16.5 Å². The summed E-state index contributed by atoms with van der Waals surface area (Å²) < 4.78 is 0. The van der Waals surface area contributed by atoms with Gasteiger partial charge >= 0.3 is 0 Å². The maximum atomic E-state index is 9.82. The van der Waals surface area contributed by atoms with E-state index >= 15 is 0 Å². The first-order valence-corrected chi connectivity index (χ1v) is 6.20. The molecule has 0 fully saturated rings. The molecule has 2 atom stereocenters. The van der Waals surface area contributed by atoms with E-state index in [-0.39, 0.29) is 22.3 Å². The lowest BCUT2D eigenvalue weighted by Gasteiger charge is -2.18. The van der Waals surface area contributed by atoms with Gasteiger partial charge in [-0.25, -0.2) is 0 Å². The van der Waals surface area contributed by atoms with E-state index in [2.05, 4.69) is 0 Å². The zero-order chi connectivity index (χ0) is 12.3. The molecule has 0 radical (unpaired) electrons. The Balaban J connectivity index is 2.99. The summed E-state index contributed by atoms with van der Waals surface area (Å²) in [5.41, 5.74) is 0.341. The molecule has 0 amide bonds. The van der Waals surface area contributed by atoms with Crippen molar-refractivity contribution in [3.8, 4) is 0 Å². The fourth-order valence-corrected chi connectivity index (χ4v) is 2.13. The van der Waals surface area contributed by atoms with E-state index in [1.807, 2.05) is 0 Å². The van der Waals surface area contributed by atoms with Crippen molar-refractivity contribution in [1.29, 1.82) is 0 Å². The van der Waals surface area contributed by atoms with Crippen molar-refractivity contribution in [2.45, 2.75) is 18.6 Å². The van der Waals surface area contributed by atoms with E-state index in [1.54, 1.807) is 0 Å². The van der Waals surface area contributed by atoms with E-state index in [0.717, 1.165) is 0 Å². The Bertz CT molecular complexity index is 370. The van der Waals surface area contributed by atoms with Crippen molar-refractivity contribution in [2.24, 2.45) is 0 Å². The Morgan fingerprint density at radius 3 is 2.12 bits per heavy atom. The van der Waals surface area contributed by atoms with Crippen LogP contribution in [-0.2, 0) is 0 Å². The minimum atomic E-state index is -1.12. The molecule has 16 heavy (non-hydrogen) atoms. The van der Waals surface area contributed by atoms with Crippen LogP contribution in [0.3, 0.4) is 0 Å². The summed E-state index contributed by atoms with van der Waals surface area (Å²) in [6, 6.07) is 2.87. The Hall–Kier alpha value is 0.300. The quantitative estimate of drug-likeness (QED) is 0.658. The van der Waals surface area contributed by atoms with Crippen LogP contribution in [0.25, 0.3) is 0 Å². The third-order valence-electron chi connectivity index (χ3n) is 2.13. The lowest BCUT2D eigenvalue weighted by molar-refractivity contribution is 0.0170. The van der Waals surface area contributed by atoms with Crippen LogP contribution < -0.4 is 0 Å². The molecule has 0 aromatic heterocycles. The van der Waals surface area contributed by atoms with Gasteiger partial charge in [0.2, 0.25) is 0 Å². The summed E-state index contributed by atoms with van der Waals surface area (Å²) in [6.45, 7) is 0. The highest BCUT2D eigenvalue weighted by atomic mass is 35.5. The predicted molar refractivity (Wildman–Crippen MR) is 67.8 cm³/mol. The highest BCUT2D eigenvalue weighted by molar-refractivity contribution is 6.43. The lowest BCUT2D eigenvalue weighted by Crippen LogP contribution is -2.19. The first-order chi connectivity index (χ1) is 7.47. The Kier molecular flexibility index (Phi) is 5.65. The summed E-state index contributed by atoms with van der Waals surface area (Å²) >= 11 is 22.9. The third-order valence-corrected chi connectivity index (χ3v) is 3.40. The van der Waals surface area contributed by atoms with Crippen molar-refractivity contribution in [3.63, 3.8) is 0 Å². The number of benzene rings is 1. The topological polar surface area (TPSA) is 40.5 Å². The van der Waals surface area contributed by atoms with E-state index in [4.69, 9.17) is 46.4 Å². The minimum absolute atomic E-state index is 0.247. The van der Waals surface area contributed by atoms with E-state index in [9.17, 15) is 10.2 Å². The zero-order valence-corrected chi connectivity index (χ0v) is 11.2. The van der Waals surface area contributed by atoms with Crippen molar-refractivity contribution in [3.05, 3.63) is 32.8 Å². The molecular formula is C10H10Cl4O2. The average molecular weight is 304 g/mol. The smallest absolute Gasteiger partial charge is 0.106 e. The maximum absolute atomic E-state index is 9.82. The summed E-state index contributed by atoms with van der Waals surface area (Å²) in [5.74, 6) is 0.247. The second-order valence-corrected chi connectivity index (χ2v) is 4.88. The molecule has 2 nitrogen and oxygen atoms in total. The van der Waals surface area contributed by atoms with Crippen LogP contribution >= 0.6 is 46.4 Å². The van der Waals surface area contributed by atoms with Gasteiger partial charge in [-0.1, -0.05) is 34.8 Å². The number of alkyl halides is 1. The number of hydrogen-bond donors (Lipinski definition) is 2. The highest BCUT2D eigenvalue weighted by Gasteiger charge is 2.21. The second-order valence-electron chi connectivity index (χ2n) is 3.28. The molecule has 1 aromatic carbocycles. The van der Waals surface area contributed by atoms with Gasteiger partial charge in [0.1, 0.15) is 6.10 Å². The van der Waals surface area contributed by atoms with Gasteiger partial charge in [-0.05, 0) is 18.6 Å². The zero-order valence-electron chi connectivity index (χ0n) is 8.13. The molecule has 0 aliphatic heterocycles. The minimum Gasteiger partial charge on any atom is -0.390 e. The number of hydrogen-bond acceptors (Lipinski definition) is 2. The molecular weight excluding hydrogens is 294 g/mol. The molecule has 6 heteroatoms. The van der Waals surface area contributed by atoms with Gasteiger partial charge in [-0.3, -0.25) is 0 Å². The molecule has 0 saturated heterocycles. The monoisotopic (exact) mass is 302 g/mol. The molecule has 0 bridgehead atoms. The van der Waals surface area contributed by atoms with Crippen molar-refractivity contribution >= 4 is 46.4 Å². The first-order valence-electron chi connectivity index (χ1n) is 4.54. The lowest BCUT2D eigenvalue weighted by atomic mass is 10.0. The number of aliphatic hydroxyl groups excluding tert-OH is 2. The Morgan fingerprint density at radius 1 is 1.00 bits per heavy atom. The fourth-order valence-electron chi connectivity index (χ4n) is 1.24. The van der Waals surface area contributed by atoms with Crippen LogP contribution in [0.15, 0.2) is 12.1 Å². The standard InChI is InChI=1S/C10H10Cl4O2/c11-2-1-9(15)10(16)5-3-7(13)8(14)4-6(5)12/h3-4,9-10,15-16H,1-2H2. The van der Waals surface area contributed by atoms with Crippen molar-refractivity contribution in [1.82, 2.24) is 0 Å². The second kappa shape index (κ2) is 6.29. The summed E-state index contributed by atoms with van der Waals surface area (Å²) in [7, 11) is 0. The average Bonchev–Trinajstić information content (AvgIpc) is 2.23. The molecule has 0 aliphatic carbocycles. The third kappa shape index (κ3) is 3.39. The van der Waals surface area contributed by atoms with E-state index in [0.29, 0.717) is 10.6 Å². The maximum Gasteiger partial charge on any atom is 0.106 e. The van der Waals surface area contributed by atoms with Crippen LogP contribution in [0.5, 0.6) is 0 Å². The largest absolute Gasteiger partial charge is 0.390 e. The molecule has 90 valence electrons. The predicted octanol–water partition coefficient (Wildman–Crippen LogP) is 3.67. The normalized spacial score (nSPS) is 14.9. The Morgan fingerprint density at radius 2 is 1.56 bits per heavy atom. The van der Waals surface area contributed by atoms with Crippen LogP contribution in [0.4, 0.5) is 0 Å². The van der Waals surface area contributed by atoms with Crippen LogP contribution in [-0.4, -0.2) is 22.2 Å². The highest BCUT2D eigenvalue weighted by Crippen LogP contribution is 2.33. The number of aliphatic hydroxyl groups is 2. The molecule has 0 saturated carbocycles. The summed E-state index contributed by atoms with van der Waals surface area (Å²) in [4.78, 5) is 0. The summed E-state index contributed by atoms with van der Waals surface area (Å²) in [6.07, 6.45) is -1.84. The summed E-state index contributed by atoms with van der Waals surface area (Å²) in [5, 5.41) is 20.2. The SMILES string of the molecule is OC(CCCl)C(O)c1cc(Cl)c(Cl)cc1Cl. The molecule has 0 spiro atoms. The molecule has 2 N–H and O–H groups in total. The number of halogens is 4. The molecule has 1 aromatic rings. The van der Waals surface area contributed by atoms with Crippen molar-refractivity contribution < 1.29 is 10.2 Å². The van der Waals surface area contributed by atoms with Gasteiger partial charge in [0.15, 0.2) is 0 Å². The van der Waals surface area contributed by atoms with Crippen molar-refractivity contribution in [2.75, 3.05) is 5.88 Å². The van der Waals surface area contributed by atoms with E-state index in [1.165, 1.54) is 12.1 Å². The van der Waals surface area contributed by atoms with Gasteiger partial charge in [-0.2, -0.15) is 0 Å². The van der Waals surface area contributed by atoms with Crippen LogP contribution in [0.1, 0.15) is 18.1 Å².